The molecule has 1 aromatic rings. The predicted molar refractivity (Wildman–Crippen MR) is 187 cm³/mol. The fraction of sp³-hybridized carbons (Fsp3) is 0.765. The molecule has 0 saturated carbocycles. The van der Waals surface area contributed by atoms with Crippen LogP contribution >= 0.6 is 23.5 Å². The number of aliphatic imine (C=N–C) groups is 2. The van der Waals surface area contributed by atoms with Crippen molar-refractivity contribution < 1.29 is 5.11 Å². The van der Waals surface area contributed by atoms with E-state index in [4.69, 9.17) is 9.98 Å². The average Bonchev–Trinajstić information content (AvgIpc) is 2.89. The van der Waals surface area contributed by atoms with E-state index < -0.39 is 0 Å². The van der Waals surface area contributed by atoms with Gasteiger partial charge in [-0.05, 0) is 35.8 Å². The van der Waals surface area contributed by atoms with Gasteiger partial charge in [-0.2, -0.15) is 4.99 Å². The number of phenolic OH excluding ortho intramolecular Hbond substituents is 1. The van der Waals surface area contributed by atoms with E-state index in [0.29, 0.717) is 5.75 Å². The molecule has 0 amide bonds. The molecule has 1 atom stereocenters. The fourth-order valence-corrected chi connectivity index (χ4v) is 6.82. The zero-order chi connectivity index (χ0) is 30.5. The van der Waals surface area contributed by atoms with Crippen LogP contribution in [0, 0.1) is 0 Å². The lowest BCUT2D eigenvalue weighted by atomic mass is 9.79. The third-order valence-corrected chi connectivity index (χ3v) is 9.65. The summed E-state index contributed by atoms with van der Waals surface area (Å²) in [6.45, 7) is 17.5. The van der Waals surface area contributed by atoms with Crippen LogP contribution in [-0.2, 0) is 10.8 Å². The van der Waals surface area contributed by atoms with E-state index in [9.17, 15) is 5.11 Å². The van der Waals surface area contributed by atoms with Gasteiger partial charge < -0.3 is 15.3 Å². The van der Waals surface area contributed by atoms with Gasteiger partial charge in [0.15, 0.2) is 10.3 Å². The molecule has 2 N–H and O–H groups in total. The van der Waals surface area contributed by atoms with Crippen LogP contribution in [0.4, 0.5) is 5.69 Å². The molecule has 7 heteroatoms. The highest BCUT2D eigenvalue weighted by Gasteiger charge is 2.29. The molecular weight excluding hydrogens is 545 g/mol. The van der Waals surface area contributed by atoms with Gasteiger partial charge in [-0.1, -0.05) is 143 Å². The summed E-state index contributed by atoms with van der Waals surface area (Å²) < 4.78 is 0. The van der Waals surface area contributed by atoms with Gasteiger partial charge in [0.05, 0.1) is 0 Å². The Bertz CT molecular complexity index is 943. The molecule has 1 aliphatic heterocycles. The highest BCUT2D eigenvalue weighted by atomic mass is 32.2. The van der Waals surface area contributed by atoms with Gasteiger partial charge in [0.25, 0.3) is 0 Å². The van der Waals surface area contributed by atoms with E-state index in [0.717, 1.165) is 38.7 Å². The minimum Gasteiger partial charge on any atom is -0.507 e. The van der Waals surface area contributed by atoms with Crippen molar-refractivity contribution in [2.24, 2.45) is 9.98 Å². The minimum atomic E-state index is -0.239. The average molecular weight is 605 g/mol. The number of hydrogen-bond acceptors (Lipinski definition) is 7. The van der Waals surface area contributed by atoms with E-state index >= 15 is 0 Å². The summed E-state index contributed by atoms with van der Waals surface area (Å²) in [5.41, 5.74) is 2.54. The van der Waals surface area contributed by atoms with Gasteiger partial charge in [0.2, 0.25) is 6.29 Å². The summed E-state index contributed by atoms with van der Waals surface area (Å²) >= 11 is 3.65. The van der Waals surface area contributed by atoms with Crippen molar-refractivity contribution >= 4 is 39.5 Å². The second-order valence-electron chi connectivity index (χ2n) is 13.6. The third kappa shape index (κ3) is 12.4. The largest absolute Gasteiger partial charge is 0.507 e. The molecule has 0 fully saturated rings. The van der Waals surface area contributed by atoms with Gasteiger partial charge in [-0.25, -0.2) is 4.99 Å². The quantitative estimate of drug-likeness (QED) is 0.145. The van der Waals surface area contributed by atoms with Crippen molar-refractivity contribution in [3.8, 4) is 5.75 Å². The number of nitrogens with one attached hydrogen (secondary N) is 1. The van der Waals surface area contributed by atoms with Crippen LogP contribution in [0.2, 0.25) is 0 Å². The predicted octanol–water partition coefficient (Wildman–Crippen LogP) is 10.5. The molecular formula is C34H60N4OS2. The van der Waals surface area contributed by atoms with Crippen LogP contribution in [-0.4, -0.2) is 45.2 Å². The summed E-state index contributed by atoms with van der Waals surface area (Å²) in [5.74, 6) is 2.55. The zero-order valence-electron chi connectivity index (χ0n) is 27.7. The first-order valence-electron chi connectivity index (χ1n) is 16.2. The first-order chi connectivity index (χ1) is 19.4. The number of rotatable bonds is 16. The lowest BCUT2D eigenvalue weighted by molar-refractivity contribution is 0.413. The van der Waals surface area contributed by atoms with Crippen LogP contribution in [0.5, 0.6) is 5.75 Å². The highest BCUT2D eigenvalue weighted by molar-refractivity contribution is 8.15. The fourth-order valence-electron chi connectivity index (χ4n) is 4.92. The SMILES string of the molecule is CCCCCCCCSC1=NC(Nc2cc(C(C)(C)C)c(O)c(C(C)(C)C)c2)N(C)C(SCCCCCCCC)=N1. The summed E-state index contributed by atoms with van der Waals surface area (Å²) in [4.78, 5) is 12.3. The Balaban J connectivity index is 2.21. The smallest absolute Gasteiger partial charge is 0.200 e. The molecule has 1 unspecified atom stereocenters. The molecule has 1 heterocycles. The number of unbranched alkanes of at least 4 members (excludes halogenated alkanes) is 10. The van der Waals surface area contributed by atoms with Crippen molar-refractivity contribution in [1.82, 2.24) is 4.90 Å². The number of benzene rings is 1. The van der Waals surface area contributed by atoms with E-state index in [1.807, 2.05) is 11.8 Å². The lowest BCUT2D eigenvalue weighted by Gasteiger charge is -2.33. The maximum atomic E-state index is 11.2. The molecule has 2 rings (SSSR count). The topological polar surface area (TPSA) is 60.2 Å². The molecule has 0 saturated heterocycles. The summed E-state index contributed by atoms with van der Waals surface area (Å²) in [7, 11) is 2.10. The third-order valence-electron chi connectivity index (χ3n) is 7.57. The van der Waals surface area contributed by atoms with Crippen LogP contribution < -0.4 is 5.32 Å². The number of amidine groups is 2. The van der Waals surface area contributed by atoms with Crippen LogP contribution in [0.3, 0.4) is 0 Å². The Hall–Kier alpha value is -1.34. The second-order valence-corrected chi connectivity index (χ2v) is 15.7. The Kier molecular flexibility index (Phi) is 15.5. The van der Waals surface area contributed by atoms with Gasteiger partial charge in [0.1, 0.15) is 5.75 Å². The maximum Gasteiger partial charge on any atom is 0.200 e. The maximum absolute atomic E-state index is 11.2. The van der Waals surface area contributed by atoms with Gasteiger partial charge in [0, 0.05) is 35.4 Å². The van der Waals surface area contributed by atoms with Crippen LogP contribution in [0.25, 0.3) is 0 Å². The van der Waals surface area contributed by atoms with E-state index in [2.05, 4.69) is 84.8 Å². The molecule has 1 aromatic carbocycles. The molecule has 41 heavy (non-hydrogen) atoms. The number of hydrogen-bond donors (Lipinski definition) is 2. The van der Waals surface area contributed by atoms with Crippen LogP contribution in [0.1, 0.15) is 144 Å². The van der Waals surface area contributed by atoms with Crippen molar-refractivity contribution in [2.75, 3.05) is 23.9 Å². The lowest BCUT2D eigenvalue weighted by Crippen LogP contribution is -2.43. The van der Waals surface area contributed by atoms with Gasteiger partial charge >= 0.3 is 0 Å². The summed E-state index contributed by atoms with van der Waals surface area (Å²) in [6.07, 6.45) is 15.4. The molecule has 0 bridgehead atoms. The Morgan fingerprint density at radius 1 is 0.756 bits per heavy atom. The standard InChI is InChI=1S/C34H60N4OS2/c1-10-12-14-16-18-20-22-40-31-36-30(38(9)32(37-31)41-23-21-19-17-15-13-11-2)35-26-24-27(33(3,4)5)29(39)28(25-26)34(6,7)8/h24-25,30,35,39H,10-23H2,1-9H3. The highest BCUT2D eigenvalue weighted by Crippen LogP contribution is 2.41. The molecule has 0 radical (unpaired) electrons. The van der Waals surface area contributed by atoms with Crippen molar-refractivity contribution in [2.45, 2.75) is 150 Å². The van der Waals surface area contributed by atoms with E-state index in [1.165, 1.54) is 77.0 Å². The molecule has 1 aliphatic rings. The summed E-state index contributed by atoms with van der Waals surface area (Å²) in [5, 5.41) is 16.8. The minimum absolute atomic E-state index is 0.179. The molecule has 0 aromatic heterocycles. The van der Waals surface area contributed by atoms with Crippen molar-refractivity contribution in [3.05, 3.63) is 23.3 Å². The monoisotopic (exact) mass is 604 g/mol. The van der Waals surface area contributed by atoms with Crippen molar-refractivity contribution in [1.29, 1.82) is 0 Å². The number of thioether (sulfide) groups is 2. The number of phenols is 1. The first kappa shape index (κ1) is 35.9. The normalized spacial score (nSPS) is 16.1. The van der Waals surface area contributed by atoms with E-state index in [1.54, 1.807) is 11.8 Å². The zero-order valence-corrected chi connectivity index (χ0v) is 29.4. The Morgan fingerprint density at radius 2 is 1.22 bits per heavy atom. The number of aromatic hydroxyl groups is 1. The number of anilines is 1. The Morgan fingerprint density at radius 3 is 1.71 bits per heavy atom. The first-order valence-corrected chi connectivity index (χ1v) is 18.1. The molecule has 5 nitrogen and oxygen atoms in total. The Labute approximate surface area is 261 Å². The molecule has 234 valence electrons. The van der Waals surface area contributed by atoms with Gasteiger partial charge in [-0.3, -0.25) is 0 Å². The van der Waals surface area contributed by atoms with E-state index in [-0.39, 0.29) is 17.1 Å². The van der Waals surface area contributed by atoms with Crippen molar-refractivity contribution in [3.63, 3.8) is 0 Å². The molecule has 0 spiro atoms. The summed E-state index contributed by atoms with van der Waals surface area (Å²) in [6, 6.07) is 4.21. The second kappa shape index (κ2) is 17.7. The molecule has 0 aliphatic carbocycles. The number of nitrogens with zero attached hydrogens (tertiary/aromatic N) is 3. The van der Waals surface area contributed by atoms with Gasteiger partial charge in [-0.15, -0.1) is 0 Å². The van der Waals surface area contributed by atoms with Crippen LogP contribution in [0.15, 0.2) is 22.1 Å².